The summed E-state index contributed by atoms with van der Waals surface area (Å²) in [4.78, 5) is 8.12. The molecule has 0 N–H and O–H groups in total. The predicted molar refractivity (Wildman–Crippen MR) is 69.5 cm³/mol. The molecule has 0 saturated carbocycles. The molecule has 96 valence electrons. The van der Waals surface area contributed by atoms with Crippen LogP contribution in [0.5, 0.6) is 5.75 Å². The van der Waals surface area contributed by atoms with Crippen LogP contribution in [0.15, 0.2) is 12.4 Å². The first-order chi connectivity index (χ1) is 8.71. The zero-order chi connectivity index (χ0) is 13.1. The van der Waals surface area contributed by atoms with Crippen molar-refractivity contribution in [2.24, 2.45) is 0 Å². The van der Waals surface area contributed by atoms with Crippen LogP contribution in [0.25, 0.3) is 5.82 Å². The summed E-state index contributed by atoms with van der Waals surface area (Å²) in [6.07, 6.45) is 3.14. The topological polar surface area (TPSA) is 52.8 Å². The van der Waals surface area contributed by atoms with Crippen LogP contribution in [0, 0.1) is 0 Å². The highest BCUT2D eigenvalue weighted by molar-refractivity contribution is 6.31. The van der Waals surface area contributed by atoms with Gasteiger partial charge in [0.05, 0.1) is 12.8 Å². The monoisotopic (exact) mass is 266 g/mol. The number of hydrogen-bond donors (Lipinski definition) is 0. The predicted octanol–water partition coefficient (Wildman–Crippen LogP) is 2.45. The minimum absolute atomic E-state index is 0.290. The van der Waals surface area contributed by atoms with E-state index in [9.17, 15) is 0 Å². The number of hydrogen-bond acceptors (Lipinski definition) is 4. The molecule has 0 fully saturated rings. The molecule has 0 aromatic carbocycles. The Kier molecular flexibility index (Phi) is 3.81. The molecule has 0 saturated heterocycles. The number of methoxy groups -OCH3 is 1. The molecule has 0 atom stereocenters. The van der Waals surface area contributed by atoms with Gasteiger partial charge in [0.2, 0.25) is 11.6 Å². The van der Waals surface area contributed by atoms with Crippen LogP contribution in [0.2, 0.25) is 5.15 Å². The van der Waals surface area contributed by atoms with Crippen molar-refractivity contribution in [2.75, 3.05) is 7.11 Å². The first kappa shape index (κ1) is 12.8. The maximum absolute atomic E-state index is 6.00. The summed E-state index contributed by atoms with van der Waals surface area (Å²) >= 11 is 6.00. The second-order valence-electron chi connectivity index (χ2n) is 3.77. The summed E-state index contributed by atoms with van der Waals surface area (Å²) in [7, 11) is 1.55. The Labute approximate surface area is 111 Å². The molecule has 5 nitrogen and oxygen atoms in total. The normalized spacial score (nSPS) is 10.7. The quantitative estimate of drug-likeness (QED) is 0.798. The molecule has 0 aliphatic carbocycles. The van der Waals surface area contributed by atoms with Gasteiger partial charge in [0.1, 0.15) is 6.33 Å². The molecule has 18 heavy (non-hydrogen) atoms. The lowest BCUT2D eigenvalue weighted by Crippen LogP contribution is -2.07. The largest absolute Gasteiger partial charge is 0.490 e. The molecule has 0 amide bonds. The van der Waals surface area contributed by atoms with Crippen molar-refractivity contribution >= 4 is 11.6 Å². The standard InChI is InChI=1S/C12H15ClN4O/c1-4-8-6-9(5-2)17(16-8)12-10(18-3)11(13)14-7-15-12/h6-7H,4-5H2,1-3H3. The van der Waals surface area contributed by atoms with Gasteiger partial charge in [-0.3, -0.25) is 0 Å². The highest BCUT2D eigenvalue weighted by atomic mass is 35.5. The lowest BCUT2D eigenvalue weighted by molar-refractivity contribution is 0.406. The third kappa shape index (κ3) is 2.18. The van der Waals surface area contributed by atoms with Crippen LogP contribution in [-0.4, -0.2) is 26.9 Å². The Morgan fingerprint density at radius 2 is 2.06 bits per heavy atom. The molecule has 2 rings (SSSR count). The Morgan fingerprint density at radius 1 is 1.28 bits per heavy atom. The zero-order valence-corrected chi connectivity index (χ0v) is 11.4. The van der Waals surface area contributed by atoms with E-state index in [2.05, 4.69) is 35.0 Å². The summed E-state index contributed by atoms with van der Waals surface area (Å²) in [6.45, 7) is 4.14. The van der Waals surface area contributed by atoms with Crippen molar-refractivity contribution in [3.05, 3.63) is 28.9 Å². The van der Waals surface area contributed by atoms with Gasteiger partial charge in [0, 0.05) is 5.69 Å². The third-order valence-corrected chi connectivity index (χ3v) is 2.97. The second-order valence-corrected chi connectivity index (χ2v) is 4.13. The number of aromatic nitrogens is 4. The van der Waals surface area contributed by atoms with Gasteiger partial charge < -0.3 is 4.74 Å². The minimum Gasteiger partial charge on any atom is -0.490 e. The molecule has 2 aromatic rings. The van der Waals surface area contributed by atoms with E-state index in [1.807, 2.05) is 0 Å². The average Bonchev–Trinajstić information content (AvgIpc) is 2.81. The molecule has 2 aromatic heterocycles. The molecular formula is C12H15ClN4O. The minimum atomic E-state index is 0.290. The van der Waals surface area contributed by atoms with E-state index >= 15 is 0 Å². The fourth-order valence-corrected chi connectivity index (χ4v) is 1.96. The fraction of sp³-hybridized carbons (Fsp3) is 0.417. The van der Waals surface area contributed by atoms with Crippen LogP contribution in [-0.2, 0) is 12.8 Å². The Balaban J connectivity index is 2.60. The van der Waals surface area contributed by atoms with Crippen LogP contribution in [0.4, 0.5) is 0 Å². The Bertz CT molecular complexity index is 553. The SMILES string of the molecule is CCc1cc(CC)n(-c2ncnc(Cl)c2OC)n1. The van der Waals surface area contributed by atoms with E-state index in [1.165, 1.54) is 6.33 Å². The zero-order valence-electron chi connectivity index (χ0n) is 10.6. The number of ether oxygens (including phenoxy) is 1. The molecule has 0 bridgehead atoms. The fourth-order valence-electron chi connectivity index (χ4n) is 1.75. The van der Waals surface area contributed by atoms with Crippen molar-refractivity contribution in [3.8, 4) is 11.6 Å². The van der Waals surface area contributed by atoms with E-state index in [4.69, 9.17) is 16.3 Å². The van der Waals surface area contributed by atoms with E-state index in [-0.39, 0.29) is 5.15 Å². The van der Waals surface area contributed by atoms with Crippen molar-refractivity contribution in [1.82, 2.24) is 19.7 Å². The van der Waals surface area contributed by atoms with Crippen molar-refractivity contribution in [2.45, 2.75) is 26.7 Å². The van der Waals surface area contributed by atoms with Gasteiger partial charge in [-0.15, -0.1) is 0 Å². The van der Waals surface area contributed by atoms with Gasteiger partial charge in [-0.25, -0.2) is 14.6 Å². The molecule has 0 radical (unpaired) electrons. The summed E-state index contributed by atoms with van der Waals surface area (Å²) in [5, 5.41) is 4.80. The highest BCUT2D eigenvalue weighted by Crippen LogP contribution is 2.28. The number of rotatable bonds is 4. The maximum atomic E-state index is 6.00. The van der Waals surface area contributed by atoms with Crippen LogP contribution >= 0.6 is 11.6 Å². The van der Waals surface area contributed by atoms with E-state index in [1.54, 1.807) is 11.8 Å². The smallest absolute Gasteiger partial charge is 0.201 e. The summed E-state index contributed by atoms with van der Waals surface area (Å²) in [5.74, 6) is 1.02. The Hall–Kier alpha value is -1.62. The summed E-state index contributed by atoms with van der Waals surface area (Å²) in [6, 6.07) is 2.06. The van der Waals surface area contributed by atoms with Crippen LogP contribution < -0.4 is 4.74 Å². The van der Waals surface area contributed by atoms with Crippen LogP contribution in [0.1, 0.15) is 25.2 Å². The van der Waals surface area contributed by atoms with Gasteiger partial charge in [0.25, 0.3) is 0 Å². The molecule has 0 unspecified atom stereocenters. The number of halogens is 1. The first-order valence-electron chi connectivity index (χ1n) is 5.83. The second kappa shape index (κ2) is 5.35. The van der Waals surface area contributed by atoms with Crippen molar-refractivity contribution in [3.63, 3.8) is 0 Å². The molecule has 0 spiro atoms. The Morgan fingerprint density at radius 3 is 2.67 bits per heavy atom. The summed E-state index contributed by atoms with van der Waals surface area (Å²) < 4.78 is 7.02. The van der Waals surface area contributed by atoms with E-state index in [0.717, 1.165) is 24.2 Å². The van der Waals surface area contributed by atoms with Crippen molar-refractivity contribution < 1.29 is 4.74 Å². The molecule has 2 heterocycles. The number of aryl methyl sites for hydroxylation is 2. The van der Waals surface area contributed by atoms with Gasteiger partial charge >= 0.3 is 0 Å². The van der Waals surface area contributed by atoms with E-state index in [0.29, 0.717) is 11.6 Å². The molecular weight excluding hydrogens is 252 g/mol. The lowest BCUT2D eigenvalue weighted by Gasteiger charge is -2.10. The molecule has 6 heteroatoms. The van der Waals surface area contributed by atoms with Gasteiger partial charge in [-0.1, -0.05) is 25.4 Å². The third-order valence-electron chi connectivity index (χ3n) is 2.70. The van der Waals surface area contributed by atoms with Crippen LogP contribution in [0.3, 0.4) is 0 Å². The lowest BCUT2D eigenvalue weighted by atomic mass is 10.2. The highest BCUT2D eigenvalue weighted by Gasteiger charge is 2.16. The number of nitrogens with zero attached hydrogens (tertiary/aromatic N) is 4. The van der Waals surface area contributed by atoms with Gasteiger partial charge in [0.15, 0.2) is 5.15 Å². The van der Waals surface area contributed by atoms with Gasteiger partial charge in [-0.2, -0.15) is 5.10 Å². The average molecular weight is 267 g/mol. The van der Waals surface area contributed by atoms with E-state index < -0.39 is 0 Å². The maximum Gasteiger partial charge on any atom is 0.201 e. The molecule has 0 aliphatic rings. The summed E-state index contributed by atoms with van der Waals surface area (Å²) in [5.41, 5.74) is 2.09. The van der Waals surface area contributed by atoms with Crippen molar-refractivity contribution in [1.29, 1.82) is 0 Å². The van der Waals surface area contributed by atoms with Gasteiger partial charge in [-0.05, 0) is 18.9 Å². The molecule has 0 aliphatic heterocycles. The first-order valence-corrected chi connectivity index (χ1v) is 6.21.